The maximum Gasteiger partial charge on any atom is 0.310 e. The molecule has 1 aliphatic rings. The van der Waals surface area contributed by atoms with Gasteiger partial charge in [-0.3, -0.25) is 9.59 Å². The van der Waals surface area contributed by atoms with Gasteiger partial charge in [0.05, 0.1) is 20.1 Å². The number of nitrogens with zero attached hydrogens (tertiary/aromatic N) is 1. The lowest BCUT2D eigenvalue weighted by molar-refractivity contribution is -0.145. The Morgan fingerprint density at radius 2 is 1.80 bits per heavy atom. The fourth-order valence-electron chi connectivity index (χ4n) is 3.60. The van der Waals surface area contributed by atoms with Crippen LogP contribution in [0.25, 0.3) is 0 Å². The van der Waals surface area contributed by atoms with Crippen LogP contribution in [-0.4, -0.2) is 43.6 Å². The average Bonchev–Trinajstić information content (AvgIpc) is 2.65. The van der Waals surface area contributed by atoms with Crippen molar-refractivity contribution in [1.82, 2.24) is 4.90 Å². The summed E-state index contributed by atoms with van der Waals surface area (Å²) in [5.74, 6) is 0.493. The largest absolute Gasteiger partial charge is 0.497 e. The summed E-state index contributed by atoms with van der Waals surface area (Å²) < 4.78 is 10.0. The Balaban J connectivity index is 2.25. The number of hydrogen-bond acceptors (Lipinski definition) is 4. The van der Waals surface area contributed by atoms with Crippen molar-refractivity contribution in [2.75, 3.05) is 20.8 Å². The molecule has 1 aromatic carbocycles. The van der Waals surface area contributed by atoms with Gasteiger partial charge in [0.1, 0.15) is 5.75 Å². The Morgan fingerprint density at radius 3 is 2.36 bits per heavy atom. The van der Waals surface area contributed by atoms with Gasteiger partial charge >= 0.3 is 5.97 Å². The molecule has 1 aromatic rings. The van der Waals surface area contributed by atoms with Gasteiger partial charge in [0.15, 0.2) is 0 Å². The number of rotatable bonds is 6. The highest BCUT2D eigenvalue weighted by atomic mass is 16.5. The molecule has 3 atom stereocenters. The second-order valence-corrected chi connectivity index (χ2v) is 6.94. The quantitative estimate of drug-likeness (QED) is 0.739. The molecule has 1 saturated carbocycles. The van der Waals surface area contributed by atoms with E-state index in [1.54, 1.807) is 31.4 Å². The number of benzene rings is 1. The molecule has 1 fully saturated rings. The highest BCUT2D eigenvalue weighted by molar-refractivity contribution is 5.94. The lowest BCUT2D eigenvalue weighted by atomic mass is 9.84. The molecule has 1 amide bonds. The van der Waals surface area contributed by atoms with E-state index in [1.165, 1.54) is 13.5 Å². The summed E-state index contributed by atoms with van der Waals surface area (Å²) in [6, 6.07) is 7.31. The molecule has 0 bridgehead atoms. The lowest BCUT2D eigenvalue weighted by Crippen LogP contribution is -2.48. The minimum atomic E-state index is -0.346. The van der Waals surface area contributed by atoms with Crippen molar-refractivity contribution in [3.05, 3.63) is 29.8 Å². The molecule has 5 heteroatoms. The van der Waals surface area contributed by atoms with E-state index in [1.807, 2.05) is 11.8 Å². The molecule has 5 nitrogen and oxygen atoms in total. The molecule has 0 N–H and O–H groups in total. The molecule has 0 heterocycles. The number of carbonyl (C=O) groups is 2. The molecule has 2 rings (SSSR count). The topological polar surface area (TPSA) is 55.8 Å². The van der Waals surface area contributed by atoms with Crippen molar-refractivity contribution < 1.29 is 19.1 Å². The van der Waals surface area contributed by atoms with E-state index in [9.17, 15) is 9.59 Å². The van der Waals surface area contributed by atoms with Crippen LogP contribution >= 0.6 is 0 Å². The van der Waals surface area contributed by atoms with E-state index in [0.717, 1.165) is 25.0 Å². The summed E-state index contributed by atoms with van der Waals surface area (Å²) >= 11 is 0. The molecular formula is C20H29NO4. The fraction of sp³-hybridized carbons (Fsp3) is 0.600. The second kappa shape index (κ2) is 8.88. The van der Waals surface area contributed by atoms with Gasteiger partial charge in [-0.2, -0.15) is 0 Å². The number of amides is 1. The van der Waals surface area contributed by atoms with E-state index in [4.69, 9.17) is 9.47 Å². The minimum absolute atomic E-state index is 0.0304. The second-order valence-electron chi connectivity index (χ2n) is 6.94. The van der Waals surface area contributed by atoms with Crippen LogP contribution in [0.1, 0.15) is 49.9 Å². The Labute approximate surface area is 150 Å². The summed E-state index contributed by atoms with van der Waals surface area (Å²) in [5, 5.41) is 0. The van der Waals surface area contributed by atoms with Crippen LogP contribution in [-0.2, 0) is 9.53 Å². The van der Waals surface area contributed by atoms with Gasteiger partial charge in [0.2, 0.25) is 0 Å². The monoisotopic (exact) mass is 347 g/mol. The first kappa shape index (κ1) is 19.3. The highest BCUT2D eigenvalue weighted by Crippen LogP contribution is 2.30. The number of ether oxygens (including phenoxy) is 2. The minimum Gasteiger partial charge on any atom is -0.497 e. The van der Waals surface area contributed by atoms with Crippen LogP contribution in [0.4, 0.5) is 0 Å². The van der Waals surface area contributed by atoms with Crippen molar-refractivity contribution in [3.8, 4) is 5.75 Å². The van der Waals surface area contributed by atoms with Crippen LogP contribution in [0.5, 0.6) is 5.75 Å². The van der Waals surface area contributed by atoms with E-state index in [0.29, 0.717) is 18.0 Å². The third-order valence-electron chi connectivity index (χ3n) is 5.14. The van der Waals surface area contributed by atoms with Gasteiger partial charge in [-0.05, 0) is 43.0 Å². The number of hydrogen-bond donors (Lipinski definition) is 0. The molecule has 0 saturated heterocycles. The van der Waals surface area contributed by atoms with E-state index >= 15 is 0 Å². The summed E-state index contributed by atoms with van der Waals surface area (Å²) in [4.78, 5) is 26.9. The van der Waals surface area contributed by atoms with Gasteiger partial charge in [0.25, 0.3) is 5.91 Å². The molecule has 25 heavy (non-hydrogen) atoms. The third kappa shape index (κ3) is 4.74. The van der Waals surface area contributed by atoms with Gasteiger partial charge in [0, 0.05) is 18.2 Å². The highest BCUT2D eigenvalue weighted by Gasteiger charge is 2.33. The SMILES string of the molecule is COC(=O)C(C)CN(C(=O)c1ccc(OC)cc1)C1CCCCC1C. The molecule has 3 unspecified atom stereocenters. The number of carbonyl (C=O) groups excluding carboxylic acids is 2. The van der Waals surface area contributed by atoms with Gasteiger partial charge in [-0.1, -0.05) is 26.7 Å². The van der Waals surface area contributed by atoms with Crippen molar-refractivity contribution in [2.24, 2.45) is 11.8 Å². The fourth-order valence-corrected chi connectivity index (χ4v) is 3.60. The predicted molar refractivity (Wildman–Crippen MR) is 96.6 cm³/mol. The summed E-state index contributed by atoms with van der Waals surface area (Å²) in [6.45, 7) is 4.39. The van der Waals surface area contributed by atoms with Gasteiger partial charge in [-0.25, -0.2) is 0 Å². The normalized spacial score (nSPS) is 21.3. The average molecular weight is 347 g/mol. The van der Waals surface area contributed by atoms with E-state index in [2.05, 4.69) is 6.92 Å². The standard InChI is InChI=1S/C20H29NO4/c1-14-7-5-6-8-18(14)21(13-15(2)20(23)25-4)19(22)16-9-11-17(24-3)12-10-16/h9-12,14-15,18H,5-8,13H2,1-4H3. The molecule has 1 aliphatic carbocycles. The van der Waals surface area contributed by atoms with Crippen LogP contribution in [0.3, 0.4) is 0 Å². The predicted octanol–water partition coefficient (Wildman–Crippen LogP) is 3.53. The van der Waals surface area contributed by atoms with Crippen LogP contribution in [0, 0.1) is 11.8 Å². The number of esters is 1. The Kier molecular flexibility index (Phi) is 6.85. The van der Waals surface area contributed by atoms with Crippen molar-refractivity contribution in [2.45, 2.75) is 45.6 Å². The molecule has 0 aliphatic heterocycles. The summed E-state index contributed by atoms with van der Waals surface area (Å²) in [5.41, 5.74) is 0.621. The maximum atomic E-state index is 13.2. The lowest BCUT2D eigenvalue weighted by Gasteiger charge is -2.39. The Morgan fingerprint density at radius 1 is 1.16 bits per heavy atom. The summed E-state index contributed by atoms with van der Waals surface area (Å²) in [6.07, 6.45) is 4.42. The molecule has 138 valence electrons. The Bertz CT molecular complexity index is 584. The zero-order valence-corrected chi connectivity index (χ0v) is 15.7. The first-order valence-electron chi connectivity index (χ1n) is 9.00. The zero-order chi connectivity index (χ0) is 18.4. The van der Waals surface area contributed by atoms with Gasteiger partial charge < -0.3 is 14.4 Å². The molecule has 0 aromatic heterocycles. The first-order valence-corrected chi connectivity index (χ1v) is 9.00. The van der Waals surface area contributed by atoms with Gasteiger partial charge in [-0.15, -0.1) is 0 Å². The van der Waals surface area contributed by atoms with Crippen LogP contribution < -0.4 is 4.74 Å². The van der Waals surface area contributed by atoms with E-state index in [-0.39, 0.29) is 23.8 Å². The van der Waals surface area contributed by atoms with E-state index < -0.39 is 0 Å². The van der Waals surface area contributed by atoms with Crippen molar-refractivity contribution in [3.63, 3.8) is 0 Å². The third-order valence-corrected chi connectivity index (χ3v) is 5.14. The Hall–Kier alpha value is -2.04. The van der Waals surface area contributed by atoms with Crippen molar-refractivity contribution >= 4 is 11.9 Å². The zero-order valence-electron chi connectivity index (χ0n) is 15.7. The first-order chi connectivity index (χ1) is 12.0. The van der Waals surface area contributed by atoms with Crippen LogP contribution in [0.2, 0.25) is 0 Å². The maximum absolute atomic E-state index is 13.2. The smallest absolute Gasteiger partial charge is 0.310 e. The summed E-state index contributed by atoms with van der Waals surface area (Å²) in [7, 11) is 2.99. The molecular weight excluding hydrogens is 318 g/mol. The van der Waals surface area contributed by atoms with Crippen molar-refractivity contribution in [1.29, 1.82) is 0 Å². The molecule has 0 spiro atoms. The number of methoxy groups -OCH3 is 2. The van der Waals surface area contributed by atoms with Crippen LogP contribution in [0.15, 0.2) is 24.3 Å². The molecule has 0 radical (unpaired) electrons.